The normalized spacial score (nSPS) is 10.8. The molecule has 0 fully saturated rings. The second kappa shape index (κ2) is 6.51. The van der Waals surface area contributed by atoms with E-state index in [1.165, 1.54) is 5.56 Å². The molecule has 0 aliphatic carbocycles. The van der Waals surface area contributed by atoms with Crippen LogP contribution < -0.4 is 10.5 Å². The molecule has 0 atom stereocenters. The lowest BCUT2D eigenvalue weighted by molar-refractivity contribution is 0.174. The Kier molecular flexibility index (Phi) is 5.29. The third-order valence-corrected chi connectivity index (χ3v) is 2.22. The van der Waals surface area contributed by atoms with E-state index in [2.05, 4.69) is 12.1 Å². The van der Waals surface area contributed by atoms with Crippen molar-refractivity contribution < 1.29 is 9.47 Å². The zero-order valence-corrected chi connectivity index (χ0v) is 10.3. The van der Waals surface area contributed by atoms with E-state index in [4.69, 9.17) is 15.2 Å². The van der Waals surface area contributed by atoms with Gasteiger partial charge in [0.1, 0.15) is 5.75 Å². The van der Waals surface area contributed by atoms with Crippen molar-refractivity contribution in [1.29, 1.82) is 0 Å². The molecule has 0 saturated heterocycles. The molecule has 0 amide bonds. The Bertz CT molecular complexity index is 324. The predicted octanol–water partition coefficient (Wildman–Crippen LogP) is 2.12. The average molecular weight is 223 g/mol. The van der Waals surface area contributed by atoms with Crippen LogP contribution in [0.3, 0.4) is 0 Å². The molecule has 0 unspecified atom stereocenters. The Morgan fingerprint density at radius 1 is 1.31 bits per heavy atom. The van der Waals surface area contributed by atoms with Crippen LogP contribution in [0.5, 0.6) is 5.75 Å². The largest absolute Gasteiger partial charge is 0.491 e. The van der Waals surface area contributed by atoms with E-state index < -0.39 is 0 Å². The minimum atomic E-state index is 0.177. The molecule has 0 saturated carbocycles. The molecule has 0 spiro atoms. The van der Waals surface area contributed by atoms with Gasteiger partial charge in [-0.3, -0.25) is 0 Å². The van der Waals surface area contributed by atoms with E-state index >= 15 is 0 Å². The van der Waals surface area contributed by atoms with Crippen LogP contribution in [-0.2, 0) is 17.8 Å². The maximum Gasteiger partial charge on any atom is 0.125 e. The van der Waals surface area contributed by atoms with Crippen LogP contribution in [-0.4, -0.2) is 19.8 Å². The third kappa shape index (κ3) is 3.83. The standard InChI is InChI=1S/C13H21NO2/c1-10(2)16-13-5-4-11(6-7-14)8-12(13)9-15-3/h4-5,8,10H,6-7,9,14H2,1-3H3. The molecule has 1 rings (SSSR count). The van der Waals surface area contributed by atoms with Gasteiger partial charge in [0.25, 0.3) is 0 Å². The fourth-order valence-corrected chi connectivity index (χ4v) is 1.59. The quantitative estimate of drug-likeness (QED) is 0.803. The molecule has 2 N–H and O–H groups in total. The molecular weight excluding hydrogens is 202 g/mol. The molecule has 0 heterocycles. The first-order valence-electron chi connectivity index (χ1n) is 5.64. The minimum absolute atomic E-state index is 0.177. The highest BCUT2D eigenvalue weighted by molar-refractivity contribution is 5.37. The minimum Gasteiger partial charge on any atom is -0.491 e. The van der Waals surface area contributed by atoms with Crippen molar-refractivity contribution in [2.75, 3.05) is 13.7 Å². The first-order valence-corrected chi connectivity index (χ1v) is 5.64. The Morgan fingerprint density at radius 2 is 2.06 bits per heavy atom. The predicted molar refractivity (Wildman–Crippen MR) is 65.7 cm³/mol. The molecule has 16 heavy (non-hydrogen) atoms. The van der Waals surface area contributed by atoms with Crippen molar-refractivity contribution in [2.45, 2.75) is 33.0 Å². The van der Waals surface area contributed by atoms with Crippen LogP contribution in [0, 0.1) is 0 Å². The fourth-order valence-electron chi connectivity index (χ4n) is 1.59. The van der Waals surface area contributed by atoms with Crippen LogP contribution >= 0.6 is 0 Å². The van der Waals surface area contributed by atoms with Crippen molar-refractivity contribution >= 4 is 0 Å². The topological polar surface area (TPSA) is 44.5 Å². The summed E-state index contributed by atoms with van der Waals surface area (Å²) in [5.74, 6) is 0.901. The van der Waals surface area contributed by atoms with E-state index in [-0.39, 0.29) is 6.10 Å². The number of benzene rings is 1. The average Bonchev–Trinajstić information content (AvgIpc) is 2.22. The Hall–Kier alpha value is -1.06. The van der Waals surface area contributed by atoms with Crippen LogP contribution in [0.4, 0.5) is 0 Å². The Labute approximate surface area is 97.6 Å². The molecule has 1 aromatic rings. The number of rotatable bonds is 6. The van der Waals surface area contributed by atoms with Crippen LogP contribution in [0.1, 0.15) is 25.0 Å². The smallest absolute Gasteiger partial charge is 0.125 e. The van der Waals surface area contributed by atoms with Crippen LogP contribution in [0.25, 0.3) is 0 Å². The maximum atomic E-state index is 5.72. The monoisotopic (exact) mass is 223 g/mol. The van der Waals surface area contributed by atoms with Crippen molar-refractivity contribution in [2.24, 2.45) is 5.73 Å². The Morgan fingerprint density at radius 3 is 2.62 bits per heavy atom. The molecule has 0 aromatic heterocycles. The number of nitrogens with two attached hydrogens (primary N) is 1. The zero-order chi connectivity index (χ0) is 12.0. The van der Waals surface area contributed by atoms with Crippen LogP contribution in [0.2, 0.25) is 0 Å². The maximum absolute atomic E-state index is 5.72. The van der Waals surface area contributed by atoms with Gasteiger partial charge < -0.3 is 15.2 Å². The summed E-state index contributed by atoms with van der Waals surface area (Å²) in [7, 11) is 1.69. The highest BCUT2D eigenvalue weighted by Crippen LogP contribution is 2.22. The highest BCUT2D eigenvalue weighted by Gasteiger charge is 2.06. The van der Waals surface area contributed by atoms with Gasteiger partial charge in [0.15, 0.2) is 0 Å². The lowest BCUT2D eigenvalue weighted by Crippen LogP contribution is -2.09. The molecule has 0 bridgehead atoms. The fraction of sp³-hybridized carbons (Fsp3) is 0.538. The van der Waals surface area contributed by atoms with E-state index in [9.17, 15) is 0 Å². The SMILES string of the molecule is COCc1cc(CCN)ccc1OC(C)C. The van der Waals surface area contributed by atoms with E-state index in [1.807, 2.05) is 19.9 Å². The van der Waals surface area contributed by atoms with Gasteiger partial charge in [-0.2, -0.15) is 0 Å². The summed E-state index contributed by atoms with van der Waals surface area (Å²) in [6, 6.07) is 6.16. The first-order chi connectivity index (χ1) is 7.67. The van der Waals surface area contributed by atoms with Gasteiger partial charge in [0, 0.05) is 12.7 Å². The molecule has 3 heteroatoms. The number of ether oxygens (including phenoxy) is 2. The third-order valence-electron chi connectivity index (χ3n) is 2.22. The second-order valence-electron chi connectivity index (χ2n) is 4.08. The number of hydrogen-bond acceptors (Lipinski definition) is 3. The summed E-state index contributed by atoms with van der Waals surface area (Å²) in [4.78, 5) is 0. The molecule has 3 nitrogen and oxygen atoms in total. The molecule has 90 valence electrons. The van der Waals surface area contributed by atoms with Gasteiger partial charge >= 0.3 is 0 Å². The summed E-state index contributed by atoms with van der Waals surface area (Å²) in [5.41, 5.74) is 7.85. The lowest BCUT2D eigenvalue weighted by Gasteiger charge is -2.15. The molecule has 0 aliphatic rings. The summed E-state index contributed by atoms with van der Waals surface area (Å²) in [6.07, 6.45) is 1.06. The van der Waals surface area contributed by atoms with Gasteiger partial charge in [-0.1, -0.05) is 6.07 Å². The van der Waals surface area contributed by atoms with Gasteiger partial charge in [0.2, 0.25) is 0 Å². The van der Waals surface area contributed by atoms with Crippen molar-refractivity contribution in [3.63, 3.8) is 0 Å². The van der Waals surface area contributed by atoms with Crippen molar-refractivity contribution in [3.05, 3.63) is 29.3 Å². The molecule has 1 aromatic carbocycles. The summed E-state index contributed by atoms with van der Waals surface area (Å²) in [6.45, 7) is 5.27. The van der Waals surface area contributed by atoms with Gasteiger partial charge in [-0.25, -0.2) is 0 Å². The van der Waals surface area contributed by atoms with Gasteiger partial charge in [-0.05, 0) is 44.5 Å². The molecular formula is C13H21NO2. The van der Waals surface area contributed by atoms with Crippen molar-refractivity contribution in [3.8, 4) is 5.75 Å². The summed E-state index contributed by atoms with van der Waals surface area (Å²) in [5, 5.41) is 0. The van der Waals surface area contributed by atoms with E-state index in [0.717, 1.165) is 17.7 Å². The summed E-state index contributed by atoms with van der Waals surface area (Å²) < 4.78 is 10.9. The highest BCUT2D eigenvalue weighted by atomic mass is 16.5. The van der Waals surface area contributed by atoms with Crippen molar-refractivity contribution in [1.82, 2.24) is 0 Å². The molecule has 0 radical (unpaired) electrons. The summed E-state index contributed by atoms with van der Waals surface area (Å²) >= 11 is 0. The first kappa shape index (κ1) is 13.0. The number of methoxy groups -OCH3 is 1. The Balaban J connectivity index is 2.89. The number of hydrogen-bond donors (Lipinski definition) is 1. The second-order valence-corrected chi connectivity index (χ2v) is 4.08. The van der Waals surface area contributed by atoms with E-state index in [0.29, 0.717) is 13.2 Å². The van der Waals surface area contributed by atoms with Gasteiger partial charge in [0.05, 0.1) is 12.7 Å². The zero-order valence-electron chi connectivity index (χ0n) is 10.3. The van der Waals surface area contributed by atoms with Crippen LogP contribution in [0.15, 0.2) is 18.2 Å². The van der Waals surface area contributed by atoms with E-state index in [1.54, 1.807) is 7.11 Å². The van der Waals surface area contributed by atoms with Gasteiger partial charge in [-0.15, -0.1) is 0 Å². The molecule has 0 aliphatic heterocycles. The lowest BCUT2D eigenvalue weighted by atomic mass is 10.1.